The predicted octanol–water partition coefficient (Wildman–Crippen LogP) is 2.54. The van der Waals surface area contributed by atoms with Gasteiger partial charge < -0.3 is 25.5 Å². The second kappa shape index (κ2) is 10.1. The number of phenolic OH excluding ortho intramolecular Hbond substituents is 1. The molecule has 1 heterocycles. The quantitative estimate of drug-likeness (QED) is 0.452. The molecule has 0 unspecified atom stereocenters. The molecule has 4 N–H and O–H groups in total. The maximum atomic E-state index is 12.7. The zero-order valence-electron chi connectivity index (χ0n) is 18.9. The van der Waals surface area contributed by atoms with E-state index in [0.717, 1.165) is 27.8 Å². The number of amides is 2. The molecular weight excluding hydrogens is 432 g/mol. The summed E-state index contributed by atoms with van der Waals surface area (Å²) in [7, 11) is 0. The molecule has 1 aliphatic rings. The molecule has 3 aromatic carbocycles. The van der Waals surface area contributed by atoms with Gasteiger partial charge in [0.15, 0.2) is 12.2 Å². The van der Waals surface area contributed by atoms with Crippen LogP contribution in [0.15, 0.2) is 72.8 Å². The molecule has 34 heavy (non-hydrogen) atoms. The highest BCUT2D eigenvalue weighted by molar-refractivity contribution is 5.91. The minimum Gasteiger partial charge on any atom is -0.508 e. The zero-order valence-corrected chi connectivity index (χ0v) is 18.9. The van der Waals surface area contributed by atoms with Gasteiger partial charge in [0, 0.05) is 13.1 Å². The lowest BCUT2D eigenvalue weighted by Gasteiger charge is -2.31. The van der Waals surface area contributed by atoms with Crippen molar-refractivity contribution in [2.45, 2.75) is 38.1 Å². The molecule has 7 heteroatoms. The van der Waals surface area contributed by atoms with E-state index in [1.54, 1.807) is 25.1 Å². The van der Waals surface area contributed by atoms with Crippen molar-refractivity contribution < 1.29 is 24.9 Å². The van der Waals surface area contributed by atoms with Crippen molar-refractivity contribution in [1.29, 1.82) is 0 Å². The van der Waals surface area contributed by atoms with Crippen LogP contribution in [0.1, 0.15) is 29.7 Å². The normalized spacial score (nSPS) is 15.7. The van der Waals surface area contributed by atoms with Gasteiger partial charge in [-0.05, 0) is 53.3 Å². The van der Waals surface area contributed by atoms with Gasteiger partial charge in [-0.15, -0.1) is 0 Å². The molecule has 7 nitrogen and oxygen atoms in total. The minimum absolute atomic E-state index is 0.179. The second-order valence-electron chi connectivity index (χ2n) is 8.57. The van der Waals surface area contributed by atoms with Crippen LogP contribution in [0.2, 0.25) is 0 Å². The van der Waals surface area contributed by atoms with Crippen molar-refractivity contribution in [3.8, 4) is 16.9 Å². The summed E-state index contributed by atoms with van der Waals surface area (Å²) in [5.41, 5.74) is 4.71. The van der Waals surface area contributed by atoms with Gasteiger partial charge in [-0.2, -0.15) is 0 Å². The summed E-state index contributed by atoms with van der Waals surface area (Å²) in [5, 5.41) is 33.1. The van der Waals surface area contributed by atoms with Crippen molar-refractivity contribution in [3.63, 3.8) is 0 Å². The van der Waals surface area contributed by atoms with Gasteiger partial charge in [-0.25, -0.2) is 0 Å². The monoisotopic (exact) mass is 460 g/mol. The van der Waals surface area contributed by atoms with Gasteiger partial charge in [0.1, 0.15) is 5.75 Å². The Kier molecular flexibility index (Phi) is 6.95. The zero-order chi connectivity index (χ0) is 24.2. The predicted molar refractivity (Wildman–Crippen MR) is 128 cm³/mol. The Labute approximate surface area is 198 Å². The first kappa shape index (κ1) is 23.5. The van der Waals surface area contributed by atoms with E-state index in [1.807, 2.05) is 54.6 Å². The van der Waals surface area contributed by atoms with Crippen LogP contribution in [0.5, 0.6) is 5.75 Å². The van der Waals surface area contributed by atoms with Gasteiger partial charge in [0.2, 0.25) is 0 Å². The molecule has 0 aromatic heterocycles. The van der Waals surface area contributed by atoms with E-state index in [2.05, 4.69) is 5.32 Å². The number of carbonyl (C=O) groups excluding carboxylic acids is 2. The average molecular weight is 461 g/mol. The number of nitrogens with one attached hydrogen (secondary N) is 1. The first-order valence-electron chi connectivity index (χ1n) is 11.2. The fraction of sp³-hybridized carbons (Fsp3) is 0.259. The molecule has 3 aromatic rings. The van der Waals surface area contributed by atoms with Crippen LogP contribution < -0.4 is 5.32 Å². The SMILES string of the molecule is C[C@H](NC(=O)[C@H](O)[C@@H](O)C(=O)N1CCc2ccccc2C1)c1ccc(-c2cccc(O)c2)cc1. The molecule has 0 spiro atoms. The van der Waals surface area contributed by atoms with E-state index in [0.29, 0.717) is 19.5 Å². The van der Waals surface area contributed by atoms with E-state index in [9.17, 15) is 24.9 Å². The van der Waals surface area contributed by atoms with Crippen molar-refractivity contribution in [3.05, 3.63) is 89.5 Å². The molecule has 0 saturated heterocycles. The molecule has 1 aliphatic heterocycles. The van der Waals surface area contributed by atoms with Crippen LogP contribution >= 0.6 is 0 Å². The highest BCUT2D eigenvalue weighted by Crippen LogP contribution is 2.25. The third kappa shape index (κ3) is 5.11. The molecule has 3 atom stereocenters. The Bertz CT molecular complexity index is 1180. The number of benzene rings is 3. The molecular formula is C27H28N2O5. The molecule has 2 amide bonds. The number of hydrogen-bond donors (Lipinski definition) is 4. The van der Waals surface area contributed by atoms with Gasteiger partial charge in [-0.3, -0.25) is 9.59 Å². The molecule has 0 bridgehead atoms. The van der Waals surface area contributed by atoms with E-state index < -0.39 is 30.1 Å². The number of phenols is 1. The summed E-state index contributed by atoms with van der Waals surface area (Å²) in [6, 6.07) is 21.6. The van der Waals surface area contributed by atoms with Gasteiger partial charge in [-0.1, -0.05) is 60.7 Å². The van der Waals surface area contributed by atoms with Crippen molar-refractivity contribution in [2.24, 2.45) is 0 Å². The van der Waals surface area contributed by atoms with Gasteiger partial charge in [0.05, 0.1) is 6.04 Å². The average Bonchev–Trinajstić information content (AvgIpc) is 2.87. The summed E-state index contributed by atoms with van der Waals surface area (Å²) in [4.78, 5) is 26.7. The Morgan fingerprint density at radius 3 is 2.29 bits per heavy atom. The Balaban J connectivity index is 1.35. The summed E-state index contributed by atoms with van der Waals surface area (Å²) in [5.74, 6) is -1.30. The fourth-order valence-electron chi connectivity index (χ4n) is 4.18. The standard InChI is InChI=1S/C27H28N2O5/c1-17(18-9-11-20(12-10-18)21-7-4-8-23(30)15-21)28-26(33)24(31)25(32)27(34)29-14-13-19-5-2-3-6-22(19)16-29/h2-12,15,17,24-25,30-32H,13-14,16H2,1H3,(H,28,33)/t17-,24+,25+/m0/s1. The lowest BCUT2D eigenvalue weighted by Crippen LogP contribution is -2.51. The summed E-state index contributed by atoms with van der Waals surface area (Å²) in [6.07, 6.45) is -3.06. The lowest BCUT2D eigenvalue weighted by molar-refractivity contribution is -0.154. The van der Waals surface area contributed by atoms with E-state index in [-0.39, 0.29) is 5.75 Å². The number of aromatic hydroxyl groups is 1. The maximum absolute atomic E-state index is 12.7. The number of aliphatic hydroxyl groups excluding tert-OH is 2. The van der Waals surface area contributed by atoms with E-state index in [4.69, 9.17) is 0 Å². The second-order valence-corrected chi connectivity index (χ2v) is 8.57. The topological polar surface area (TPSA) is 110 Å². The van der Waals surface area contributed by atoms with Crippen LogP contribution in [0, 0.1) is 0 Å². The van der Waals surface area contributed by atoms with E-state index >= 15 is 0 Å². The molecule has 0 saturated carbocycles. The van der Waals surface area contributed by atoms with Gasteiger partial charge in [0.25, 0.3) is 11.8 Å². The summed E-state index contributed by atoms with van der Waals surface area (Å²) < 4.78 is 0. The van der Waals surface area contributed by atoms with Crippen LogP contribution in [0.4, 0.5) is 0 Å². The number of carbonyl (C=O) groups is 2. The van der Waals surface area contributed by atoms with Crippen LogP contribution in [0.25, 0.3) is 11.1 Å². The molecule has 4 rings (SSSR count). The lowest BCUT2D eigenvalue weighted by atomic mass is 9.99. The number of fused-ring (bicyclic) bond motifs is 1. The first-order chi connectivity index (χ1) is 16.3. The number of aliphatic hydroxyl groups is 2. The summed E-state index contributed by atoms with van der Waals surface area (Å²) in [6.45, 7) is 2.51. The Hall–Kier alpha value is -3.68. The number of hydrogen-bond acceptors (Lipinski definition) is 5. The fourth-order valence-corrected chi connectivity index (χ4v) is 4.18. The van der Waals surface area contributed by atoms with Crippen LogP contribution in [0.3, 0.4) is 0 Å². The maximum Gasteiger partial charge on any atom is 0.255 e. The Morgan fingerprint density at radius 2 is 1.59 bits per heavy atom. The number of nitrogens with zero attached hydrogens (tertiary/aromatic N) is 1. The van der Waals surface area contributed by atoms with Crippen LogP contribution in [-0.4, -0.2) is 50.8 Å². The smallest absolute Gasteiger partial charge is 0.255 e. The van der Waals surface area contributed by atoms with Crippen molar-refractivity contribution in [2.75, 3.05) is 6.54 Å². The highest BCUT2D eigenvalue weighted by atomic mass is 16.3. The summed E-state index contributed by atoms with van der Waals surface area (Å²) >= 11 is 0. The molecule has 176 valence electrons. The van der Waals surface area contributed by atoms with E-state index in [1.165, 1.54) is 4.90 Å². The third-order valence-electron chi connectivity index (χ3n) is 6.21. The third-order valence-corrected chi connectivity index (χ3v) is 6.21. The van der Waals surface area contributed by atoms with Crippen molar-refractivity contribution in [1.82, 2.24) is 10.2 Å². The van der Waals surface area contributed by atoms with Crippen LogP contribution in [-0.2, 0) is 22.6 Å². The largest absolute Gasteiger partial charge is 0.508 e. The van der Waals surface area contributed by atoms with Gasteiger partial charge >= 0.3 is 0 Å². The number of rotatable bonds is 6. The van der Waals surface area contributed by atoms with Crippen molar-refractivity contribution >= 4 is 11.8 Å². The molecule has 0 fully saturated rings. The minimum atomic E-state index is -1.88. The Morgan fingerprint density at radius 1 is 0.882 bits per heavy atom. The molecule has 0 aliphatic carbocycles. The molecule has 0 radical (unpaired) electrons. The first-order valence-corrected chi connectivity index (χ1v) is 11.2. The highest BCUT2D eigenvalue weighted by Gasteiger charge is 2.35.